The molecule has 1 N–H and O–H groups in total. The summed E-state index contributed by atoms with van der Waals surface area (Å²) in [6, 6.07) is 3.86. The van der Waals surface area contributed by atoms with E-state index < -0.39 is 0 Å². The second-order valence-electron chi connectivity index (χ2n) is 6.02. The maximum atomic E-state index is 5.49. The van der Waals surface area contributed by atoms with Gasteiger partial charge in [-0.15, -0.1) is 0 Å². The van der Waals surface area contributed by atoms with Gasteiger partial charge in [0, 0.05) is 17.6 Å². The SMILES string of the molecule is COc1ccc(C=C(C)CNC(C)(C)C)c(OC)c1OC. The van der Waals surface area contributed by atoms with Gasteiger partial charge in [-0.25, -0.2) is 0 Å². The van der Waals surface area contributed by atoms with E-state index in [1.165, 1.54) is 5.57 Å². The van der Waals surface area contributed by atoms with Gasteiger partial charge >= 0.3 is 0 Å². The van der Waals surface area contributed by atoms with Gasteiger partial charge in [0.1, 0.15) is 0 Å². The number of rotatable bonds is 6. The summed E-state index contributed by atoms with van der Waals surface area (Å²) in [5, 5.41) is 3.47. The number of nitrogens with one attached hydrogen (secondary N) is 1. The Bertz CT molecular complexity index is 501. The van der Waals surface area contributed by atoms with Crippen LogP contribution in [0.3, 0.4) is 0 Å². The molecule has 0 radical (unpaired) electrons. The molecule has 1 rings (SSSR count). The van der Waals surface area contributed by atoms with Crippen LogP contribution in [0.2, 0.25) is 0 Å². The van der Waals surface area contributed by atoms with E-state index in [0.29, 0.717) is 17.2 Å². The lowest BCUT2D eigenvalue weighted by Crippen LogP contribution is -2.36. The van der Waals surface area contributed by atoms with Crippen LogP contribution in [0.5, 0.6) is 17.2 Å². The predicted octanol–water partition coefficient (Wildman–Crippen LogP) is 3.50. The van der Waals surface area contributed by atoms with Gasteiger partial charge in [-0.1, -0.05) is 11.6 Å². The summed E-state index contributed by atoms with van der Waals surface area (Å²) in [6.45, 7) is 9.36. The molecule has 0 saturated carbocycles. The quantitative estimate of drug-likeness (QED) is 0.871. The van der Waals surface area contributed by atoms with Gasteiger partial charge in [0.2, 0.25) is 5.75 Å². The summed E-state index contributed by atoms with van der Waals surface area (Å²) in [4.78, 5) is 0. The normalized spacial score (nSPS) is 12.2. The molecule has 4 nitrogen and oxygen atoms in total. The van der Waals surface area contributed by atoms with Crippen molar-refractivity contribution in [3.8, 4) is 17.2 Å². The Balaban J connectivity index is 3.07. The molecule has 0 aromatic heterocycles. The summed E-state index contributed by atoms with van der Waals surface area (Å²) in [7, 11) is 4.87. The van der Waals surface area contributed by atoms with Crippen LogP contribution in [-0.4, -0.2) is 33.4 Å². The summed E-state index contributed by atoms with van der Waals surface area (Å²) in [6.07, 6.45) is 2.10. The van der Waals surface area contributed by atoms with Crippen molar-refractivity contribution in [1.29, 1.82) is 0 Å². The van der Waals surface area contributed by atoms with Crippen LogP contribution >= 0.6 is 0 Å². The molecule has 0 unspecified atom stereocenters. The molecule has 1 aromatic carbocycles. The molecule has 4 heteroatoms. The van der Waals surface area contributed by atoms with Crippen LogP contribution in [-0.2, 0) is 0 Å². The van der Waals surface area contributed by atoms with Crippen LogP contribution in [0.15, 0.2) is 17.7 Å². The fourth-order valence-corrected chi connectivity index (χ4v) is 1.96. The first-order valence-corrected chi connectivity index (χ1v) is 7.03. The van der Waals surface area contributed by atoms with Crippen molar-refractivity contribution in [3.63, 3.8) is 0 Å². The molecule has 118 valence electrons. The molecule has 21 heavy (non-hydrogen) atoms. The van der Waals surface area contributed by atoms with E-state index in [9.17, 15) is 0 Å². The van der Waals surface area contributed by atoms with Gasteiger partial charge < -0.3 is 19.5 Å². The highest BCUT2D eigenvalue weighted by molar-refractivity contribution is 5.67. The summed E-state index contributed by atoms with van der Waals surface area (Å²) < 4.78 is 16.2. The fraction of sp³-hybridized carbons (Fsp3) is 0.529. The Morgan fingerprint density at radius 1 is 1.05 bits per heavy atom. The standard InChI is InChI=1S/C17H27NO3/c1-12(11-18-17(2,3)4)10-13-8-9-14(19-5)16(21-7)15(13)20-6/h8-10,18H,11H2,1-7H3. The van der Waals surface area contributed by atoms with Gasteiger partial charge in [0.05, 0.1) is 21.3 Å². The number of hydrogen-bond donors (Lipinski definition) is 1. The van der Waals surface area contributed by atoms with Crippen molar-refractivity contribution in [1.82, 2.24) is 5.32 Å². The maximum absolute atomic E-state index is 5.49. The van der Waals surface area contributed by atoms with E-state index in [0.717, 1.165) is 12.1 Å². The highest BCUT2D eigenvalue weighted by atomic mass is 16.5. The van der Waals surface area contributed by atoms with E-state index in [4.69, 9.17) is 14.2 Å². The Labute approximate surface area is 128 Å². The molecular formula is C17H27NO3. The van der Waals surface area contributed by atoms with Gasteiger partial charge in [0.25, 0.3) is 0 Å². The molecular weight excluding hydrogens is 266 g/mol. The smallest absolute Gasteiger partial charge is 0.203 e. The average molecular weight is 293 g/mol. The van der Waals surface area contributed by atoms with E-state index in [1.54, 1.807) is 21.3 Å². The molecule has 0 aliphatic carbocycles. The first-order chi connectivity index (χ1) is 9.82. The zero-order chi connectivity index (χ0) is 16.0. The van der Waals surface area contributed by atoms with Crippen molar-refractivity contribution in [2.45, 2.75) is 33.2 Å². The molecule has 0 fully saturated rings. The van der Waals surface area contributed by atoms with Crippen molar-refractivity contribution in [2.24, 2.45) is 0 Å². The van der Waals surface area contributed by atoms with E-state index in [-0.39, 0.29) is 5.54 Å². The maximum Gasteiger partial charge on any atom is 0.203 e. The zero-order valence-electron chi connectivity index (χ0n) is 14.2. The highest BCUT2D eigenvalue weighted by Crippen LogP contribution is 2.40. The second kappa shape index (κ2) is 7.36. The fourth-order valence-electron chi connectivity index (χ4n) is 1.96. The number of ether oxygens (including phenoxy) is 3. The Morgan fingerprint density at radius 3 is 2.14 bits per heavy atom. The summed E-state index contributed by atoms with van der Waals surface area (Å²) >= 11 is 0. The van der Waals surface area contributed by atoms with Gasteiger partial charge in [-0.05, 0) is 39.8 Å². The van der Waals surface area contributed by atoms with Crippen LogP contribution in [0, 0.1) is 0 Å². The van der Waals surface area contributed by atoms with Gasteiger partial charge in [0.15, 0.2) is 11.5 Å². The van der Waals surface area contributed by atoms with Crippen molar-refractivity contribution in [2.75, 3.05) is 27.9 Å². The van der Waals surface area contributed by atoms with Crippen LogP contribution in [0.4, 0.5) is 0 Å². The van der Waals surface area contributed by atoms with E-state index in [1.807, 2.05) is 12.1 Å². The Morgan fingerprint density at radius 2 is 1.67 bits per heavy atom. The first-order valence-electron chi connectivity index (χ1n) is 7.03. The molecule has 0 amide bonds. The van der Waals surface area contributed by atoms with Gasteiger partial charge in [-0.2, -0.15) is 0 Å². The molecule has 0 saturated heterocycles. The molecule has 0 spiro atoms. The third kappa shape index (κ3) is 4.97. The molecule has 0 aliphatic rings. The van der Waals surface area contributed by atoms with Crippen molar-refractivity contribution < 1.29 is 14.2 Å². The Kier molecular flexibility index (Phi) is 6.09. The molecule has 0 atom stereocenters. The minimum absolute atomic E-state index is 0.0940. The lowest BCUT2D eigenvalue weighted by atomic mass is 10.1. The van der Waals surface area contributed by atoms with Crippen LogP contribution in [0.1, 0.15) is 33.3 Å². The highest BCUT2D eigenvalue weighted by Gasteiger charge is 2.15. The van der Waals surface area contributed by atoms with E-state index in [2.05, 4.69) is 39.1 Å². The molecule has 0 heterocycles. The van der Waals surface area contributed by atoms with Crippen LogP contribution in [0.25, 0.3) is 6.08 Å². The first kappa shape index (κ1) is 17.4. The zero-order valence-corrected chi connectivity index (χ0v) is 14.2. The van der Waals surface area contributed by atoms with Crippen molar-refractivity contribution in [3.05, 3.63) is 23.3 Å². The predicted molar refractivity (Wildman–Crippen MR) is 87.5 cm³/mol. The number of benzene rings is 1. The third-order valence-corrected chi connectivity index (χ3v) is 3.03. The Hall–Kier alpha value is -1.68. The lowest BCUT2D eigenvalue weighted by Gasteiger charge is -2.21. The minimum Gasteiger partial charge on any atom is -0.493 e. The van der Waals surface area contributed by atoms with Gasteiger partial charge in [-0.3, -0.25) is 0 Å². The largest absolute Gasteiger partial charge is 0.493 e. The molecule has 0 aliphatic heterocycles. The number of hydrogen-bond acceptors (Lipinski definition) is 4. The average Bonchev–Trinajstić information content (AvgIpc) is 2.43. The number of methoxy groups -OCH3 is 3. The summed E-state index contributed by atoms with van der Waals surface area (Å²) in [5.74, 6) is 1.97. The molecule has 0 bridgehead atoms. The monoisotopic (exact) mass is 293 g/mol. The van der Waals surface area contributed by atoms with Crippen molar-refractivity contribution >= 4 is 6.08 Å². The third-order valence-electron chi connectivity index (χ3n) is 3.03. The molecule has 1 aromatic rings. The summed E-state index contributed by atoms with van der Waals surface area (Å²) in [5.41, 5.74) is 2.29. The second-order valence-corrected chi connectivity index (χ2v) is 6.02. The van der Waals surface area contributed by atoms with E-state index >= 15 is 0 Å². The minimum atomic E-state index is 0.0940. The lowest BCUT2D eigenvalue weighted by molar-refractivity contribution is 0.324. The van der Waals surface area contributed by atoms with Crippen LogP contribution < -0.4 is 19.5 Å². The topological polar surface area (TPSA) is 39.7 Å².